The Morgan fingerprint density at radius 1 is 1.19 bits per heavy atom. The monoisotopic (exact) mass is 376 g/mol. The Kier molecular flexibility index (Phi) is 6.30. The van der Waals surface area contributed by atoms with Crippen LogP contribution in [0.15, 0.2) is 42.5 Å². The van der Waals surface area contributed by atoms with Crippen LogP contribution < -0.4 is 5.32 Å². The number of anilines is 1. The first-order valence-corrected chi connectivity index (χ1v) is 8.16. The van der Waals surface area contributed by atoms with Crippen molar-refractivity contribution >= 4 is 34.9 Å². The number of nitro groups is 1. The van der Waals surface area contributed by atoms with E-state index in [0.29, 0.717) is 11.6 Å². The molecule has 136 valence electrons. The lowest BCUT2D eigenvalue weighted by Gasteiger charge is -2.09. The summed E-state index contributed by atoms with van der Waals surface area (Å²) in [7, 11) is 0. The molecule has 26 heavy (non-hydrogen) atoms. The van der Waals surface area contributed by atoms with Crippen molar-refractivity contribution < 1.29 is 19.2 Å². The lowest BCUT2D eigenvalue weighted by atomic mass is 10.0. The molecule has 0 heterocycles. The minimum Gasteiger partial charge on any atom is -0.452 e. The Morgan fingerprint density at radius 3 is 2.38 bits per heavy atom. The van der Waals surface area contributed by atoms with Gasteiger partial charge in [0, 0.05) is 17.8 Å². The van der Waals surface area contributed by atoms with E-state index >= 15 is 0 Å². The van der Waals surface area contributed by atoms with Gasteiger partial charge in [0.15, 0.2) is 6.61 Å². The van der Waals surface area contributed by atoms with E-state index in [4.69, 9.17) is 16.3 Å². The van der Waals surface area contributed by atoms with Crippen LogP contribution in [0.5, 0.6) is 0 Å². The topological polar surface area (TPSA) is 98.5 Å². The van der Waals surface area contributed by atoms with Gasteiger partial charge >= 0.3 is 5.97 Å². The van der Waals surface area contributed by atoms with Gasteiger partial charge in [-0.1, -0.05) is 37.6 Å². The number of carbonyl (C=O) groups is 2. The van der Waals surface area contributed by atoms with Gasteiger partial charge in [0.05, 0.1) is 15.5 Å². The van der Waals surface area contributed by atoms with Crippen molar-refractivity contribution in [3.63, 3.8) is 0 Å². The van der Waals surface area contributed by atoms with Crippen LogP contribution >= 0.6 is 11.6 Å². The zero-order chi connectivity index (χ0) is 19.3. The molecule has 0 unspecified atom stereocenters. The summed E-state index contributed by atoms with van der Waals surface area (Å²) in [6.45, 7) is 3.63. The SMILES string of the molecule is CC(C)c1ccc(NC(=O)COC(=O)c2ccc([N+](=O)[O-])cc2Cl)cc1. The molecule has 7 nitrogen and oxygen atoms in total. The number of nitro benzene ring substituents is 1. The zero-order valence-electron chi connectivity index (χ0n) is 14.2. The quantitative estimate of drug-likeness (QED) is 0.463. The first-order chi connectivity index (χ1) is 12.3. The minimum atomic E-state index is -0.838. The molecule has 0 saturated carbocycles. The third-order valence-corrected chi connectivity index (χ3v) is 3.89. The molecular formula is C18H17ClN2O5. The number of rotatable bonds is 6. The number of non-ortho nitro benzene ring substituents is 1. The summed E-state index contributed by atoms with van der Waals surface area (Å²) in [5.74, 6) is -0.962. The van der Waals surface area contributed by atoms with Crippen LogP contribution in [0.3, 0.4) is 0 Å². The van der Waals surface area contributed by atoms with Crippen molar-refractivity contribution in [1.29, 1.82) is 0 Å². The molecular weight excluding hydrogens is 360 g/mol. The van der Waals surface area contributed by atoms with Gasteiger partial charge in [0.2, 0.25) is 0 Å². The van der Waals surface area contributed by atoms with Gasteiger partial charge in [-0.2, -0.15) is 0 Å². The standard InChI is InChI=1S/C18H17ClN2O5/c1-11(2)12-3-5-13(6-4-12)20-17(22)10-26-18(23)15-8-7-14(21(24)25)9-16(15)19/h3-9,11H,10H2,1-2H3,(H,20,22). The highest BCUT2D eigenvalue weighted by Gasteiger charge is 2.17. The summed E-state index contributed by atoms with van der Waals surface area (Å²) in [5.41, 5.74) is 1.44. The Balaban J connectivity index is 1.92. The highest BCUT2D eigenvalue weighted by molar-refractivity contribution is 6.33. The molecule has 0 spiro atoms. The van der Waals surface area contributed by atoms with Crippen molar-refractivity contribution in [2.45, 2.75) is 19.8 Å². The number of ether oxygens (including phenoxy) is 1. The third-order valence-electron chi connectivity index (χ3n) is 3.58. The lowest BCUT2D eigenvalue weighted by Crippen LogP contribution is -2.21. The molecule has 2 aromatic rings. The van der Waals surface area contributed by atoms with Crippen molar-refractivity contribution in [2.75, 3.05) is 11.9 Å². The molecule has 1 N–H and O–H groups in total. The smallest absolute Gasteiger partial charge is 0.340 e. The van der Waals surface area contributed by atoms with Crippen molar-refractivity contribution in [2.24, 2.45) is 0 Å². The first kappa shape index (κ1) is 19.4. The minimum absolute atomic E-state index is 0.0497. The van der Waals surface area contributed by atoms with E-state index in [0.717, 1.165) is 17.7 Å². The van der Waals surface area contributed by atoms with Crippen LogP contribution in [0.4, 0.5) is 11.4 Å². The molecule has 0 aromatic heterocycles. The summed E-state index contributed by atoms with van der Waals surface area (Å²) >= 11 is 5.85. The Bertz CT molecular complexity index is 834. The van der Waals surface area contributed by atoms with E-state index in [9.17, 15) is 19.7 Å². The molecule has 0 aliphatic heterocycles. The van der Waals surface area contributed by atoms with E-state index in [1.807, 2.05) is 12.1 Å². The van der Waals surface area contributed by atoms with E-state index in [-0.39, 0.29) is 16.3 Å². The predicted molar refractivity (Wildman–Crippen MR) is 97.5 cm³/mol. The largest absolute Gasteiger partial charge is 0.452 e. The van der Waals surface area contributed by atoms with Crippen LogP contribution in [0.2, 0.25) is 5.02 Å². The molecule has 2 rings (SSSR count). The van der Waals surface area contributed by atoms with Crippen LogP contribution in [-0.4, -0.2) is 23.4 Å². The maximum atomic E-state index is 12.0. The number of amides is 1. The summed E-state index contributed by atoms with van der Waals surface area (Å²) < 4.78 is 4.90. The Hall–Kier alpha value is -2.93. The van der Waals surface area contributed by atoms with Gasteiger partial charge < -0.3 is 10.1 Å². The van der Waals surface area contributed by atoms with Gasteiger partial charge in [0.25, 0.3) is 11.6 Å². The van der Waals surface area contributed by atoms with Crippen molar-refractivity contribution in [3.05, 3.63) is 68.7 Å². The second kappa shape index (κ2) is 8.44. The molecule has 0 aliphatic carbocycles. The molecule has 0 fully saturated rings. The number of carbonyl (C=O) groups excluding carboxylic acids is 2. The molecule has 0 bridgehead atoms. The maximum Gasteiger partial charge on any atom is 0.340 e. The number of nitrogens with zero attached hydrogens (tertiary/aromatic N) is 1. The van der Waals surface area contributed by atoms with Crippen molar-refractivity contribution in [1.82, 2.24) is 0 Å². The summed E-state index contributed by atoms with van der Waals surface area (Å²) in [5, 5.41) is 13.2. The normalized spacial score (nSPS) is 10.5. The number of hydrogen-bond donors (Lipinski definition) is 1. The van der Waals surface area contributed by atoms with E-state index < -0.39 is 23.4 Å². The molecule has 0 radical (unpaired) electrons. The number of hydrogen-bond acceptors (Lipinski definition) is 5. The van der Waals surface area contributed by atoms with Crippen LogP contribution in [0.25, 0.3) is 0 Å². The third kappa shape index (κ3) is 5.03. The molecule has 0 saturated heterocycles. The summed E-state index contributed by atoms with van der Waals surface area (Å²) in [6, 6.07) is 10.7. The second-order valence-corrected chi connectivity index (χ2v) is 6.23. The fraction of sp³-hybridized carbons (Fsp3) is 0.222. The average Bonchev–Trinajstić information content (AvgIpc) is 2.60. The number of halogens is 1. The van der Waals surface area contributed by atoms with Gasteiger partial charge in [-0.3, -0.25) is 14.9 Å². The average molecular weight is 377 g/mol. The lowest BCUT2D eigenvalue weighted by molar-refractivity contribution is -0.384. The van der Waals surface area contributed by atoms with Crippen LogP contribution in [-0.2, 0) is 9.53 Å². The fourth-order valence-electron chi connectivity index (χ4n) is 2.14. The van der Waals surface area contributed by atoms with Crippen LogP contribution in [0.1, 0.15) is 35.7 Å². The number of benzene rings is 2. The van der Waals surface area contributed by atoms with Gasteiger partial charge in [-0.05, 0) is 29.7 Å². The van der Waals surface area contributed by atoms with Crippen molar-refractivity contribution in [3.8, 4) is 0 Å². The maximum absolute atomic E-state index is 12.0. The molecule has 0 atom stereocenters. The van der Waals surface area contributed by atoms with Gasteiger partial charge in [-0.25, -0.2) is 4.79 Å². The van der Waals surface area contributed by atoms with Crippen LogP contribution in [0, 0.1) is 10.1 Å². The molecule has 1 amide bonds. The zero-order valence-corrected chi connectivity index (χ0v) is 14.9. The summed E-state index contributed by atoms with van der Waals surface area (Å²) in [6.07, 6.45) is 0. The Labute approximate surface area is 155 Å². The number of nitrogens with one attached hydrogen (secondary N) is 1. The van der Waals surface area contributed by atoms with E-state index in [2.05, 4.69) is 19.2 Å². The number of esters is 1. The molecule has 8 heteroatoms. The van der Waals surface area contributed by atoms with Gasteiger partial charge in [-0.15, -0.1) is 0 Å². The summed E-state index contributed by atoms with van der Waals surface area (Å²) in [4.78, 5) is 33.9. The predicted octanol–water partition coefficient (Wildman–Crippen LogP) is 4.17. The molecule has 2 aromatic carbocycles. The van der Waals surface area contributed by atoms with Gasteiger partial charge in [0.1, 0.15) is 0 Å². The molecule has 0 aliphatic rings. The Morgan fingerprint density at radius 2 is 1.85 bits per heavy atom. The van der Waals surface area contributed by atoms with E-state index in [1.54, 1.807) is 12.1 Å². The highest BCUT2D eigenvalue weighted by Crippen LogP contribution is 2.23. The first-order valence-electron chi connectivity index (χ1n) is 7.79. The van der Waals surface area contributed by atoms with E-state index in [1.165, 1.54) is 6.07 Å². The second-order valence-electron chi connectivity index (χ2n) is 5.82. The highest BCUT2D eigenvalue weighted by atomic mass is 35.5. The fourth-order valence-corrected chi connectivity index (χ4v) is 2.39.